The average Bonchev–Trinajstić information content (AvgIpc) is 2.20. The van der Waals surface area contributed by atoms with Crippen molar-refractivity contribution in [3.8, 4) is 11.5 Å². The van der Waals surface area contributed by atoms with Gasteiger partial charge in [-0.2, -0.15) is 0 Å². The normalized spacial score (nSPS) is 10.8. The summed E-state index contributed by atoms with van der Waals surface area (Å²) in [4.78, 5) is 0. The fourth-order valence-electron chi connectivity index (χ4n) is 0.701. The van der Waals surface area contributed by atoms with Gasteiger partial charge < -0.3 is 18.0 Å². The van der Waals surface area contributed by atoms with E-state index in [0.717, 1.165) is 0 Å². The first-order valence-electron chi connectivity index (χ1n) is 3.98. The molecule has 0 atom stereocenters. The molecule has 0 aliphatic rings. The topological polar surface area (TPSA) is 36.9 Å². The molecule has 0 heterocycles. The number of rotatable bonds is 5. The van der Waals surface area contributed by atoms with Crippen LogP contribution in [0.25, 0.3) is 0 Å². The zero-order chi connectivity index (χ0) is 10.2. The molecule has 0 aromatic rings. The van der Waals surface area contributed by atoms with Crippen molar-refractivity contribution in [3.05, 3.63) is 0 Å². The van der Waals surface area contributed by atoms with E-state index in [2.05, 4.69) is 11.5 Å². The first-order chi connectivity index (χ1) is 6.24. The second kappa shape index (κ2) is 7.06. The van der Waals surface area contributed by atoms with E-state index < -0.39 is 8.80 Å². The van der Waals surface area contributed by atoms with Gasteiger partial charge in [0.1, 0.15) is 6.61 Å². The summed E-state index contributed by atoms with van der Waals surface area (Å²) in [5.74, 6) is 2.79. The molecule has 0 amide bonds. The Morgan fingerprint density at radius 3 is 2.00 bits per heavy atom. The van der Waals surface area contributed by atoms with E-state index in [9.17, 15) is 0 Å². The van der Waals surface area contributed by atoms with Crippen molar-refractivity contribution in [3.63, 3.8) is 0 Å². The zero-order valence-electron chi connectivity index (χ0n) is 8.55. The molecule has 13 heavy (non-hydrogen) atoms. The van der Waals surface area contributed by atoms with Crippen LogP contribution in [0.1, 0.15) is 6.92 Å². The monoisotopic (exact) mass is 204 g/mol. The van der Waals surface area contributed by atoms with Gasteiger partial charge >= 0.3 is 8.80 Å². The Kier molecular flexibility index (Phi) is 6.85. The average molecular weight is 204 g/mol. The van der Waals surface area contributed by atoms with Crippen LogP contribution in [-0.2, 0) is 18.0 Å². The van der Waals surface area contributed by atoms with Gasteiger partial charge in [0.15, 0.2) is 0 Å². The van der Waals surface area contributed by atoms with Crippen LogP contribution in [0.4, 0.5) is 0 Å². The lowest BCUT2D eigenvalue weighted by Crippen LogP contribution is -2.41. The van der Waals surface area contributed by atoms with Crippen LogP contribution in [-0.4, -0.2) is 43.3 Å². The van der Waals surface area contributed by atoms with Gasteiger partial charge in [-0.1, -0.05) is 5.92 Å². The molecule has 76 valence electrons. The molecule has 0 radical (unpaired) electrons. The fraction of sp³-hybridized carbons (Fsp3) is 0.750. The molecular formula is C8H16O4Si. The maximum Gasteiger partial charge on any atom is 0.590 e. The van der Waals surface area contributed by atoms with E-state index in [-0.39, 0.29) is 0 Å². The summed E-state index contributed by atoms with van der Waals surface area (Å²) < 4.78 is 20.3. The van der Waals surface area contributed by atoms with Crippen molar-refractivity contribution in [2.75, 3.05) is 34.5 Å². The second-order valence-corrected chi connectivity index (χ2v) is 4.69. The van der Waals surface area contributed by atoms with Crippen LogP contribution in [0.2, 0.25) is 0 Å². The molecule has 0 spiro atoms. The number of hydrogen-bond acceptors (Lipinski definition) is 4. The molecule has 0 rings (SSSR count). The molecule has 0 N–H and O–H groups in total. The van der Waals surface area contributed by atoms with E-state index in [4.69, 9.17) is 18.0 Å². The van der Waals surface area contributed by atoms with Crippen LogP contribution in [0.3, 0.4) is 0 Å². The van der Waals surface area contributed by atoms with Gasteiger partial charge in [-0.05, 0) is 12.5 Å². The highest BCUT2D eigenvalue weighted by atomic mass is 28.4. The van der Waals surface area contributed by atoms with E-state index >= 15 is 0 Å². The quantitative estimate of drug-likeness (QED) is 0.370. The summed E-state index contributed by atoms with van der Waals surface area (Å²) in [6, 6.07) is 0. The minimum absolute atomic E-state index is 0.376. The smallest absolute Gasteiger partial charge is 0.369 e. The van der Waals surface area contributed by atoms with Gasteiger partial charge in [0.05, 0.1) is 0 Å². The second-order valence-electron chi connectivity index (χ2n) is 2.11. The fourth-order valence-corrected chi connectivity index (χ4v) is 1.80. The zero-order valence-corrected chi connectivity index (χ0v) is 9.55. The predicted octanol–water partition coefficient (Wildman–Crippen LogP) is 0.444. The SMILES string of the molecule is CCOCC#C[Si](OC)(OC)OC. The lowest BCUT2D eigenvalue weighted by atomic mass is 10.7. The minimum atomic E-state index is -2.71. The Hall–Kier alpha value is -0.383. The lowest BCUT2D eigenvalue weighted by Gasteiger charge is -2.17. The highest BCUT2D eigenvalue weighted by Gasteiger charge is 2.36. The van der Waals surface area contributed by atoms with Crippen LogP contribution in [0.5, 0.6) is 0 Å². The third kappa shape index (κ3) is 4.41. The van der Waals surface area contributed by atoms with Gasteiger partial charge in [0.2, 0.25) is 0 Å². The molecule has 0 unspecified atom stereocenters. The van der Waals surface area contributed by atoms with Crippen molar-refractivity contribution in [1.29, 1.82) is 0 Å². The summed E-state index contributed by atoms with van der Waals surface area (Å²) in [6.07, 6.45) is 0. The molecular weight excluding hydrogens is 188 g/mol. The maximum absolute atomic E-state index is 5.08. The Morgan fingerprint density at radius 1 is 1.08 bits per heavy atom. The standard InChI is InChI=1S/C8H16O4Si/c1-5-12-7-6-8-13(9-2,10-3)11-4/h5,7H2,1-4H3. The molecule has 5 heteroatoms. The number of ether oxygens (including phenoxy) is 1. The first kappa shape index (κ1) is 12.6. The first-order valence-corrected chi connectivity index (χ1v) is 5.70. The van der Waals surface area contributed by atoms with Gasteiger partial charge in [0.25, 0.3) is 0 Å². The molecule has 0 aromatic carbocycles. The lowest BCUT2D eigenvalue weighted by molar-refractivity contribution is 0.141. The molecule has 0 aliphatic heterocycles. The van der Waals surface area contributed by atoms with Gasteiger partial charge in [-0.3, -0.25) is 0 Å². The van der Waals surface area contributed by atoms with Crippen molar-refractivity contribution in [2.45, 2.75) is 6.92 Å². The Bertz CT molecular complexity index is 172. The molecule has 0 aliphatic carbocycles. The number of hydrogen-bond donors (Lipinski definition) is 0. The van der Waals surface area contributed by atoms with Gasteiger partial charge in [-0.15, -0.1) is 0 Å². The van der Waals surface area contributed by atoms with Gasteiger partial charge in [-0.25, -0.2) is 0 Å². The third-order valence-electron chi connectivity index (χ3n) is 1.43. The van der Waals surface area contributed by atoms with Crippen molar-refractivity contribution >= 4 is 8.80 Å². The van der Waals surface area contributed by atoms with Crippen molar-refractivity contribution in [2.24, 2.45) is 0 Å². The summed E-state index contributed by atoms with van der Waals surface area (Å²) in [6.45, 7) is 2.94. The highest BCUT2D eigenvalue weighted by Crippen LogP contribution is 2.02. The van der Waals surface area contributed by atoms with Crippen LogP contribution in [0.15, 0.2) is 0 Å². The molecule has 4 nitrogen and oxygen atoms in total. The van der Waals surface area contributed by atoms with E-state index in [1.165, 1.54) is 21.3 Å². The molecule has 0 aromatic heterocycles. The summed E-state index contributed by atoms with van der Waals surface area (Å²) in [5, 5.41) is 0. The van der Waals surface area contributed by atoms with E-state index in [1.807, 2.05) is 6.92 Å². The van der Waals surface area contributed by atoms with Crippen LogP contribution in [0, 0.1) is 11.5 Å². The summed E-state index contributed by atoms with van der Waals surface area (Å²) >= 11 is 0. The van der Waals surface area contributed by atoms with E-state index in [1.54, 1.807) is 0 Å². The van der Waals surface area contributed by atoms with Crippen molar-refractivity contribution in [1.82, 2.24) is 0 Å². The minimum Gasteiger partial charge on any atom is -0.369 e. The Balaban J connectivity index is 4.11. The predicted molar refractivity (Wildman–Crippen MR) is 51.1 cm³/mol. The molecule has 0 bridgehead atoms. The molecule has 0 saturated heterocycles. The third-order valence-corrected chi connectivity index (χ3v) is 3.52. The highest BCUT2D eigenvalue weighted by molar-refractivity contribution is 6.69. The largest absolute Gasteiger partial charge is 0.590 e. The van der Waals surface area contributed by atoms with E-state index in [0.29, 0.717) is 13.2 Å². The van der Waals surface area contributed by atoms with Crippen molar-refractivity contribution < 1.29 is 18.0 Å². The Morgan fingerprint density at radius 2 is 1.62 bits per heavy atom. The molecule has 0 saturated carbocycles. The summed E-state index contributed by atoms with van der Waals surface area (Å²) in [7, 11) is 1.86. The molecule has 0 fully saturated rings. The van der Waals surface area contributed by atoms with Crippen LogP contribution >= 0.6 is 0 Å². The summed E-state index contributed by atoms with van der Waals surface area (Å²) in [5.41, 5.74) is 2.81. The Labute approximate surface area is 80.5 Å². The maximum atomic E-state index is 5.08. The van der Waals surface area contributed by atoms with Gasteiger partial charge in [0, 0.05) is 27.9 Å². The van der Waals surface area contributed by atoms with Crippen LogP contribution < -0.4 is 0 Å².